The Morgan fingerprint density at radius 3 is 2.62 bits per heavy atom. The second-order valence-corrected chi connectivity index (χ2v) is 7.75. The third-order valence-electron chi connectivity index (χ3n) is 5.31. The molecule has 0 bridgehead atoms. The van der Waals surface area contributed by atoms with Crippen molar-refractivity contribution in [3.8, 4) is 0 Å². The summed E-state index contributed by atoms with van der Waals surface area (Å²) in [7, 11) is 1.81. The smallest absolute Gasteiger partial charge is 0.123 e. The van der Waals surface area contributed by atoms with Crippen LogP contribution in [0.15, 0.2) is 24.3 Å². The largest absolute Gasteiger partial charge is 0.387 e. The highest BCUT2D eigenvalue weighted by molar-refractivity contribution is 5.19. The molecule has 4 heteroatoms. The Morgan fingerprint density at radius 1 is 1.29 bits per heavy atom. The van der Waals surface area contributed by atoms with Gasteiger partial charge in [-0.1, -0.05) is 12.1 Å². The van der Waals surface area contributed by atoms with E-state index in [1.165, 1.54) is 44.2 Å². The number of nitrogens with one attached hydrogen (secondary N) is 1. The molecule has 1 aromatic rings. The molecule has 2 N–H and O–H groups in total. The lowest BCUT2D eigenvalue weighted by Gasteiger charge is -2.32. The van der Waals surface area contributed by atoms with Gasteiger partial charge >= 0.3 is 0 Å². The highest BCUT2D eigenvalue weighted by Gasteiger charge is 2.24. The summed E-state index contributed by atoms with van der Waals surface area (Å²) in [5, 5.41) is 13.7. The van der Waals surface area contributed by atoms with E-state index in [-0.39, 0.29) is 11.4 Å². The Labute approximate surface area is 145 Å². The lowest BCUT2D eigenvalue weighted by Crippen LogP contribution is -2.42. The zero-order chi connectivity index (χ0) is 17.6. The molecule has 1 saturated carbocycles. The van der Waals surface area contributed by atoms with Crippen LogP contribution in [-0.4, -0.2) is 30.4 Å². The molecule has 1 unspecified atom stereocenters. The van der Waals surface area contributed by atoms with Crippen LogP contribution < -0.4 is 5.32 Å². The summed E-state index contributed by atoms with van der Waals surface area (Å²) in [5.41, 5.74) is 0.586. The van der Waals surface area contributed by atoms with Crippen LogP contribution in [0.5, 0.6) is 0 Å². The first-order chi connectivity index (χ1) is 11.4. The number of hydrogen-bond acceptors (Lipinski definition) is 3. The van der Waals surface area contributed by atoms with Crippen molar-refractivity contribution in [3.63, 3.8) is 0 Å². The average molecular weight is 337 g/mol. The number of ether oxygens (including phenoxy) is 1. The maximum absolute atomic E-state index is 13.2. The molecule has 0 aromatic heterocycles. The summed E-state index contributed by atoms with van der Waals surface area (Å²) < 4.78 is 18.7. The average Bonchev–Trinajstić information content (AvgIpc) is 2.58. The Bertz CT molecular complexity index is 498. The molecule has 136 valence electrons. The monoisotopic (exact) mass is 337 g/mol. The number of aliphatic hydroxyl groups is 1. The molecule has 1 atom stereocenters. The number of benzene rings is 1. The van der Waals surface area contributed by atoms with E-state index < -0.39 is 6.10 Å². The fourth-order valence-electron chi connectivity index (χ4n) is 3.51. The minimum atomic E-state index is -0.683. The van der Waals surface area contributed by atoms with Crippen LogP contribution in [0.25, 0.3) is 0 Å². The minimum absolute atomic E-state index is 0.0353. The normalized spacial score (nSPS) is 23.2. The van der Waals surface area contributed by atoms with E-state index >= 15 is 0 Å². The van der Waals surface area contributed by atoms with Crippen LogP contribution in [0, 0.1) is 11.7 Å². The number of aliphatic hydroxyl groups excluding tert-OH is 1. The molecule has 1 aliphatic rings. The third kappa shape index (κ3) is 6.15. The molecular formula is C20H32FNO2. The van der Waals surface area contributed by atoms with Gasteiger partial charge in [0, 0.05) is 19.2 Å². The Morgan fingerprint density at radius 2 is 2.00 bits per heavy atom. The van der Waals surface area contributed by atoms with Crippen LogP contribution >= 0.6 is 0 Å². The van der Waals surface area contributed by atoms with Crippen molar-refractivity contribution in [2.75, 3.05) is 13.7 Å². The van der Waals surface area contributed by atoms with Crippen LogP contribution in [0.3, 0.4) is 0 Å². The maximum Gasteiger partial charge on any atom is 0.123 e. The van der Waals surface area contributed by atoms with Crippen LogP contribution in [-0.2, 0) is 4.74 Å². The van der Waals surface area contributed by atoms with Gasteiger partial charge in [-0.25, -0.2) is 4.39 Å². The second-order valence-electron chi connectivity index (χ2n) is 7.75. The van der Waals surface area contributed by atoms with E-state index in [1.54, 1.807) is 12.1 Å². The Hall–Kier alpha value is -0.970. The van der Waals surface area contributed by atoms with E-state index in [0.29, 0.717) is 18.2 Å². The van der Waals surface area contributed by atoms with Crippen molar-refractivity contribution in [2.45, 2.75) is 70.1 Å². The summed E-state index contributed by atoms with van der Waals surface area (Å²) in [6.07, 6.45) is 6.89. The van der Waals surface area contributed by atoms with Gasteiger partial charge in [0.1, 0.15) is 5.82 Å². The van der Waals surface area contributed by atoms with E-state index in [4.69, 9.17) is 4.74 Å². The van der Waals surface area contributed by atoms with E-state index in [0.717, 1.165) is 12.3 Å². The number of rotatable bonds is 8. The van der Waals surface area contributed by atoms with Crippen molar-refractivity contribution in [1.29, 1.82) is 0 Å². The summed E-state index contributed by atoms with van der Waals surface area (Å²) in [6, 6.07) is 6.19. The first-order valence-electron chi connectivity index (χ1n) is 9.11. The number of β-amino-alcohol motifs (C(OH)–C–C–N with tert-alkyl or cyclic N) is 1. The molecule has 0 radical (unpaired) electrons. The highest BCUT2D eigenvalue weighted by Crippen LogP contribution is 2.31. The predicted octanol–water partition coefficient (Wildman–Crippen LogP) is 4.21. The first-order valence-corrected chi connectivity index (χ1v) is 9.11. The molecule has 1 fully saturated rings. The van der Waals surface area contributed by atoms with Gasteiger partial charge in [0.15, 0.2) is 0 Å². The first kappa shape index (κ1) is 19.4. The standard InChI is InChI=1S/C20H32FNO2/c1-20(2,12-11-15-7-9-18(24-3)10-8-15)22-14-19(23)16-5-4-6-17(21)13-16/h4-6,13,15,18-19,22-23H,7-12,14H2,1-3H3. The molecule has 0 aliphatic heterocycles. The van der Waals surface area contributed by atoms with Gasteiger partial charge in [-0.2, -0.15) is 0 Å². The summed E-state index contributed by atoms with van der Waals surface area (Å²) in [4.78, 5) is 0. The molecule has 0 amide bonds. The molecule has 1 aliphatic carbocycles. The molecule has 0 saturated heterocycles. The van der Waals surface area contributed by atoms with Crippen molar-refractivity contribution >= 4 is 0 Å². The minimum Gasteiger partial charge on any atom is -0.387 e. The molecule has 3 nitrogen and oxygen atoms in total. The number of hydrogen-bond donors (Lipinski definition) is 2. The molecule has 1 aromatic carbocycles. The van der Waals surface area contributed by atoms with Crippen LogP contribution in [0.2, 0.25) is 0 Å². The zero-order valence-corrected chi connectivity index (χ0v) is 15.2. The molecule has 0 spiro atoms. The van der Waals surface area contributed by atoms with Crippen molar-refractivity contribution in [1.82, 2.24) is 5.32 Å². The van der Waals surface area contributed by atoms with Gasteiger partial charge in [-0.05, 0) is 76.0 Å². The van der Waals surface area contributed by atoms with Gasteiger partial charge in [0.2, 0.25) is 0 Å². The number of halogens is 1. The SMILES string of the molecule is COC1CCC(CCC(C)(C)NCC(O)c2cccc(F)c2)CC1. The Balaban J connectivity index is 1.73. The zero-order valence-electron chi connectivity index (χ0n) is 15.2. The Kier molecular flexibility index (Phi) is 7.20. The second kappa shape index (κ2) is 8.93. The summed E-state index contributed by atoms with van der Waals surface area (Å²) in [5.74, 6) is 0.475. The highest BCUT2D eigenvalue weighted by atomic mass is 19.1. The topological polar surface area (TPSA) is 41.5 Å². The fourth-order valence-corrected chi connectivity index (χ4v) is 3.51. The molecule has 24 heavy (non-hydrogen) atoms. The van der Waals surface area contributed by atoms with E-state index in [2.05, 4.69) is 19.2 Å². The molecule has 0 heterocycles. The van der Waals surface area contributed by atoms with Crippen LogP contribution in [0.1, 0.15) is 64.0 Å². The van der Waals surface area contributed by atoms with Gasteiger partial charge in [0.05, 0.1) is 12.2 Å². The lowest BCUT2D eigenvalue weighted by molar-refractivity contribution is 0.0539. The van der Waals surface area contributed by atoms with Gasteiger partial charge in [-0.15, -0.1) is 0 Å². The summed E-state index contributed by atoms with van der Waals surface area (Å²) >= 11 is 0. The van der Waals surface area contributed by atoms with Gasteiger partial charge in [0.25, 0.3) is 0 Å². The lowest BCUT2D eigenvalue weighted by atomic mass is 9.82. The summed E-state index contributed by atoms with van der Waals surface area (Å²) in [6.45, 7) is 4.78. The van der Waals surface area contributed by atoms with E-state index in [1.807, 2.05) is 7.11 Å². The molecular weight excluding hydrogens is 305 g/mol. The quantitative estimate of drug-likeness (QED) is 0.746. The van der Waals surface area contributed by atoms with Gasteiger partial charge in [-0.3, -0.25) is 0 Å². The van der Waals surface area contributed by atoms with Crippen molar-refractivity contribution in [3.05, 3.63) is 35.6 Å². The van der Waals surface area contributed by atoms with Gasteiger partial charge < -0.3 is 15.2 Å². The predicted molar refractivity (Wildman–Crippen MR) is 95.4 cm³/mol. The van der Waals surface area contributed by atoms with Crippen molar-refractivity contribution in [2.24, 2.45) is 5.92 Å². The van der Waals surface area contributed by atoms with Crippen LogP contribution in [0.4, 0.5) is 4.39 Å². The third-order valence-corrected chi connectivity index (χ3v) is 5.31. The number of methoxy groups -OCH3 is 1. The van der Waals surface area contributed by atoms with Crippen molar-refractivity contribution < 1.29 is 14.2 Å². The fraction of sp³-hybridized carbons (Fsp3) is 0.700. The molecule has 2 rings (SSSR count). The maximum atomic E-state index is 13.2. The van der Waals surface area contributed by atoms with E-state index in [9.17, 15) is 9.50 Å².